The highest BCUT2D eigenvalue weighted by Gasteiger charge is 2.19. The van der Waals surface area contributed by atoms with Gasteiger partial charge in [0.05, 0.1) is 5.69 Å². The minimum Gasteiger partial charge on any atom is -0.396 e. The fourth-order valence-electron chi connectivity index (χ4n) is 1.78. The summed E-state index contributed by atoms with van der Waals surface area (Å²) in [5.41, 5.74) is 5.91. The maximum absolute atomic E-state index is 12.9. The van der Waals surface area contributed by atoms with E-state index in [4.69, 9.17) is 5.73 Å². The summed E-state index contributed by atoms with van der Waals surface area (Å²) in [5.74, 6) is -0.535. The molecule has 1 saturated heterocycles. The lowest BCUT2D eigenvalue weighted by Crippen LogP contribution is -2.27. The Hall–Kier alpha value is -1.58. The van der Waals surface area contributed by atoms with E-state index in [9.17, 15) is 9.18 Å². The molecule has 0 bridgehead atoms. The molecule has 15 heavy (non-hydrogen) atoms. The van der Waals surface area contributed by atoms with Gasteiger partial charge in [0.2, 0.25) is 0 Å². The number of anilines is 1. The molecule has 0 spiro atoms. The molecule has 0 aliphatic carbocycles. The van der Waals surface area contributed by atoms with Gasteiger partial charge in [-0.2, -0.15) is 0 Å². The Labute approximate surface area is 87.7 Å². The quantitative estimate of drug-likeness (QED) is 0.713. The van der Waals surface area contributed by atoms with Crippen LogP contribution in [-0.2, 0) is 0 Å². The standard InChI is InChI=1S/C11H13FN2O/c12-9-4-3-8(7-10(9)13)11(15)14-5-1-2-6-14/h3-4,7H,1-2,5-6,13H2. The third kappa shape index (κ3) is 1.93. The van der Waals surface area contributed by atoms with Crippen LogP contribution in [0.4, 0.5) is 10.1 Å². The SMILES string of the molecule is Nc1cc(C(=O)N2CCCC2)ccc1F. The summed E-state index contributed by atoms with van der Waals surface area (Å²) in [6, 6.07) is 4.11. The molecule has 1 aliphatic rings. The minimum atomic E-state index is -0.479. The van der Waals surface area contributed by atoms with E-state index in [1.165, 1.54) is 18.2 Å². The summed E-state index contributed by atoms with van der Waals surface area (Å²) in [5, 5.41) is 0. The number of nitrogen functional groups attached to an aromatic ring is 1. The van der Waals surface area contributed by atoms with Gasteiger partial charge in [0.1, 0.15) is 5.82 Å². The predicted octanol–water partition coefficient (Wildman–Crippen LogP) is 1.64. The fraction of sp³-hybridized carbons (Fsp3) is 0.364. The number of likely N-dealkylation sites (tertiary alicyclic amines) is 1. The number of carbonyl (C=O) groups is 1. The average Bonchev–Trinajstić information content (AvgIpc) is 2.74. The molecule has 0 unspecified atom stereocenters. The van der Waals surface area contributed by atoms with Gasteiger partial charge in [-0.25, -0.2) is 4.39 Å². The number of carbonyl (C=O) groups excluding carboxylic acids is 1. The van der Waals surface area contributed by atoms with Crippen molar-refractivity contribution in [1.82, 2.24) is 4.90 Å². The van der Waals surface area contributed by atoms with Gasteiger partial charge in [0, 0.05) is 18.7 Å². The van der Waals surface area contributed by atoms with Crippen LogP contribution in [-0.4, -0.2) is 23.9 Å². The van der Waals surface area contributed by atoms with Gasteiger partial charge in [-0.05, 0) is 31.0 Å². The Balaban J connectivity index is 2.21. The summed E-state index contributed by atoms with van der Waals surface area (Å²) < 4.78 is 12.9. The Morgan fingerprint density at radius 2 is 2.00 bits per heavy atom. The first-order valence-electron chi connectivity index (χ1n) is 5.03. The molecule has 3 nitrogen and oxygen atoms in total. The molecule has 4 heteroatoms. The van der Waals surface area contributed by atoms with Crippen LogP contribution < -0.4 is 5.73 Å². The summed E-state index contributed by atoms with van der Waals surface area (Å²) in [6.45, 7) is 1.58. The summed E-state index contributed by atoms with van der Waals surface area (Å²) in [6.07, 6.45) is 2.09. The van der Waals surface area contributed by atoms with E-state index in [1.54, 1.807) is 4.90 Å². The van der Waals surface area contributed by atoms with Crippen molar-refractivity contribution >= 4 is 11.6 Å². The second kappa shape index (κ2) is 3.88. The van der Waals surface area contributed by atoms with Gasteiger partial charge >= 0.3 is 0 Å². The Morgan fingerprint density at radius 1 is 1.33 bits per heavy atom. The lowest BCUT2D eigenvalue weighted by molar-refractivity contribution is 0.0793. The largest absolute Gasteiger partial charge is 0.396 e. The summed E-state index contributed by atoms with van der Waals surface area (Å²) in [7, 11) is 0. The molecule has 1 aliphatic heterocycles. The zero-order valence-corrected chi connectivity index (χ0v) is 8.37. The molecule has 1 aromatic rings. The van der Waals surface area contributed by atoms with Gasteiger partial charge in [0.15, 0.2) is 0 Å². The molecule has 1 amide bonds. The highest BCUT2D eigenvalue weighted by Crippen LogP contribution is 2.16. The topological polar surface area (TPSA) is 46.3 Å². The van der Waals surface area contributed by atoms with Crippen LogP contribution in [0.3, 0.4) is 0 Å². The Bertz CT molecular complexity index is 386. The van der Waals surface area contributed by atoms with Crippen molar-refractivity contribution < 1.29 is 9.18 Å². The van der Waals surface area contributed by atoms with E-state index in [0.29, 0.717) is 5.56 Å². The van der Waals surface area contributed by atoms with Crippen LogP contribution in [0, 0.1) is 5.82 Å². The predicted molar refractivity (Wildman–Crippen MR) is 55.9 cm³/mol. The van der Waals surface area contributed by atoms with Gasteiger partial charge in [-0.1, -0.05) is 0 Å². The van der Waals surface area contributed by atoms with E-state index in [1.807, 2.05) is 0 Å². The molecular weight excluding hydrogens is 195 g/mol. The molecular formula is C11H13FN2O. The highest BCUT2D eigenvalue weighted by molar-refractivity contribution is 5.95. The van der Waals surface area contributed by atoms with Gasteiger partial charge in [-0.15, -0.1) is 0 Å². The number of nitrogens with two attached hydrogens (primary N) is 1. The van der Waals surface area contributed by atoms with Crippen LogP contribution in [0.25, 0.3) is 0 Å². The van der Waals surface area contributed by atoms with E-state index in [-0.39, 0.29) is 11.6 Å². The van der Waals surface area contributed by atoms with Crippen molar-refractivity contribution in [3.63, 3.8) is 0 Å². The van der Waals surface area contributed by atoms with Crippen LogP contribution in [0.15, 0.2) is 18.2 Å². The molecule has 0 saturated carbocycles. The van der Waals surface area contributed by atoms with Crippen molar-refractivity contribution in [1.29, 1.82) is 0 Å². The number of benzene rings is 1. The van der Waals surface area contributed by atoms with Crippen molar-refractivity contribution in [2.45, 2.75) is 12.8 Å². The minimum absolute atomic E-state index is 0.0278. The number of halogens is 1. The van der Waals surface area contributed by atoms with Crippen molar-refractivity contribution in [2.75, 3.05) is 18.8 Å². The molecule has 2 rings (SSSR count). The Morgan fingerprint density at radius 3 is 2.60 bits per heavy atom. The van der Waals surface area contributed by atoms with Crippen LogP contribution in [0.2, 0.25) is 0 Å². The molecule has 0 radical (unpaired) electrons. The van der Waals surface area contributed by atoms with Crippen LogP contribution in [0.1, 0.15) is 23.2 Å². The third-order valence-electron chi connectivity index (χ3n) is 2.64. The van der Waals surface area contributed by atoms with Gasteiger partial charge in [-0.3, -0.25) is 4.79 Å². The van der Waals surface area contributed by atoms with E-state index in [0.717, 1.165) is 25.9 Å². The first kappa shape index (κ1) is 9.96. The van der Waals surface area contributed by atoms with Crippen molar-refractivity contribution in [3.05, 3.63) is 29.6 Å². The maximum Gasteiger partial charge on any atom is 0.253 e. The lowest BCUT2D eigenvalue weighted by atomic mass is 10.1. The van der Waals surface area contributed by atoms with E-state index < -0.39 is 5.82 Å². The maximum atomic E-state index is 12.9. The number of hydrogen-bond acceptors (Lipinski definition) is 2. The zero-order chi connectivity index (χ0) is 10.8. The first-order chi connectivity index (χ1) is 7.18. The molecule has 0 atom stereocenters. The number of rotatable bonds is 1. The number of amides is 1. The first-order valence-corrected chi connectivity index (χ1v) is 5.03. The number of hydrogen-bond donors (Lipinski definition) is 1. The molecule has 0 aromatic heterocycles. The second-order valence-corrected chi connectivity index (χ2v) is 3.74. The summed E-state index contributed by atoms with van der Waals surface area (Å²) >= 11 is 0. The van der Waals surface area contributed by atoms with Gasteiger partial charge < -0.3 is 10.6 Å². The van der Waals surface area contributed by atoms with E-state index >= 15 is 0 Å². The lowest BCUT2D eigenvalue weighted by Gasteiger charge is -2.15. The van der Waals surface area contributed by atoms with Crippen molar-refractivity contribution in [3.8, 4) is 0 Å². The molecule has 1 heterocycles. The van der Waals surface area contributed by atoms with E-state index in [2.05, 4.69) is 0 Å². The van der Waals surface area contributed by atoms with Crippen molar-refractivity contribution in [2.24, 2.45) is 0 Å². The molecule has 2 N–H and O–H groups in total. The molecule has 1 aromatic carbocycles. The molecule has 80 valence electrons. The number of nitrogens with zero attached hydrogens (tertiary/aromatic N) is 1. The zero-order valence-electron chi connectivity index (χ0n) is 8.37. The average molecular weight is 208 g/mol. The highest BCUT2D eigenvalue weighted by atomic mass is 19.1. The normalized spacial score (nSPS) is 15.7. The van der Waals surface area contributed by atoms with Crippen LogP contribution >= 0.6 is 0 Å². The second-order valence-electron chi connectivity index (χ2n) is 3.74. The Kier molecular flexibility index (Phi) is 2.58. The molecule has 1 fully saturated rings. The van der Waals surface area contributed by atoms with Crippen LogP contribution in [0.5, 0.6) is 0 Å². The third-order valence-corrected chi connectivity index (χ3v) is 2.64. The monoisotopic (exact) mass is 208 g/mol. The summed E-state index contributed by atoms with van der Waals surface area (Å²) in [4.78, 5) is 13.6. The fourth-order valence-corrected chi connectivity index (χ4v) is 1.78. The van der Waals surface area contributed by atoms with Gasteiger partial charge in [0.25, 0.3) is 5.91 Å². The smallest absolute Gasteiger partial charge is 0.253 e.